The minimum atomic E-state index is -0.425. The van der Waals surface area contributed by atoms with Crippen molar-refractivity contribution >= 4 is 11.4 Å². The molecule has 0 bridgehead atoms. The van der Waals surface area contributed by atoms with Gasteiger partial charge in [-0.15, -0.1) is 0 Å². The number of nitrogens with two attached hydrogens (primary N) is 1. The van der Waals surface area contributed by atoms with E-state index in [1.54, 1.807) is 10.9 Å². The fourth-order valence-corrected chi connectivity index (χ4v) is 2.84. The van der Waals surface area contributed by atoms with E-state index in [1.165, 1.54) is 12.4 Å². The van der Waals surface area contributed by atoms with E-state index in [1.807, 2.05) is 17.9 Å². The lowest BCUT2D eigenvalue weighted by atomic mass is 10.1. The van der Waals surface area contributed by atoms with Gasteiger partial charge in [0.2, 0.25) is 0 Å². The van der Waals surface area contributed by atoms with Crippen LogP contribution < -0.4 is 5.73 Å². The summed E-state index contributed by atoms with van der Waals surface area (Å²) in [4.78, 5) is 14.3. The van der Waals surface area contributed by atoms with Crippen LogP contribution in [0.1, 0.15) is 12.1 Å². The molecule has 2 aromatic heterocycles. The number of rotatable bonds is 3. The first-order valence-corrected chi connectivity index (χ1v) is 7.77. The lowest BCUT2D eigenvalue weighted by Gasteiger charge is -2.35. The van der Waals surface area contributed by atoms with Gasteiger partial charge in [0.05, 0.1) is 28.9 Å². The second-order valence-corrected chi connectivity index (χ2v) is 6.44. The van der Waals surface area contributed by atoms with Crippen molar-refractivity contribution in [2.45, 2.75) is 12.1 Å². The molecule has 4 heterocycles. The zero-order chi connectivity index (χ0) is 17.3. The fourth-order valence-electron chi connectivity index (χ4n) is 2.84. The van der Waals surface area contributed by atoms with E-state index >= 15 is 0 Å². The van der Waals surface area contributed by atoms with Gasteiger partial charge in [0.15, 0.2) is 0 Å². The van der Waals surface area contributed by atoms with Gasteiger partial charge < -0.3 is 15.5 Å². The average molecular weight is 334 g/mol. The summed E-state index contributed by atoms with van der Waals surface area (Å²) >= 11 is 0. The monoisotopic (exact) mass is 334 g/mol. The highest BCUT2D eigenvalue weighted by atomic mass is 16.6. The van der Waals surface area contributed by atoms with Crippen LogP contribution in [0.15, 0.2) is 24.8 Å². The molecular weight excluding hydrogens is 312 g/mol. The Balaban J connectivity index is 0.000000143. The Kier molecular flexibility index (Phi) is 4.49. The molecule has 0 radical (unpaired) electrons. The lowest BCUT2D eigenvalue weighted by Crippen LogP contribution is -2.45. The summed E-state index contributed by atoms with van der Waals surface area (Å²) in [6.07, 6.45) is 6.35. The van der Waals surface area contributed by atoms with Crippen LogP contribution in [0.2, 0.25) is 0 Å². The summed E-state index contributed by atoms with van der Waals surface area (Å²) in [7, 11) is 4.11. The smallest absolute Gasteiger partial charge is 0.307 e. The molecular formula is C14H22N8O2. The maximum Gasteiger partial charge on any atom is 0.307 e. The highest BCUT2D eigenvalue weighted by Crippen LogP contribution is 2.20. The highest BCUT2D eigenvalue weighted by Gasteiger charge is 2.26. The lowest BCUT2D eigenvalue weighted by molar-refractivity contribution is -0.385. The Bertz CT molecular complexity index is 699. The largest absolute Gasteiger partial charge is 0.396 e. The molecule has 24 heavy (non-hydrogen) atoms. The molecule has 0 amide bonds. The van der Waals surface area contributed by atoms with E-state index in [0.29, 0.717) is 12.1 Å². The van der Waals surface area contributed by atoms with E-state index in [4.69, 9.17) is 5.73 Å². The van der Waals surface area contributed by atoms with E-state index in [0.717, 1.165) is 31.9 Å². The van der Waals surface area contributed by atoms with Gasteiger partial charge in [0.1, 0.15) is 12.4 Å². The Morgan fingerprint density at radius 2 is 1.54 bits per heavy atom. The second-order valence-electron chi connectivity index (χ2n) is 6.44. The van der Waals surface area contributed by atoms with Crippen molar-refractivity contribution < 1.29 is 4.92 Å². The number of likely N-dealkylation sites (N-methyl/N-ethyl adjacent to an activating group) is 2. The molecule has 2 saturated heterocycles. The average Bonchev–Trinajstić information content (AvgIpc) is 3.10. The van der Waals surface area contributed by atoms with Gasteiger partial charge in [-0.05, 0) is 14.1 Å². The quantitative estimate of drug-likeness (QED) is 0.631. The van der Waals surface area contributed by atoms with Crippen LogP contribution >= 0.6 is 0 Å². The van der Waals surface area contributed by atoms with Crippen LogP contribution in [0, 0.1) is 10.1 Å². The number of hydrogen-bond donors (Lipinski definition) is 1. The molecule has 2 fully saturated rings. The molecule has 2 aliphatic rings. The van der Waals surface area contributed by atoms with Crippen LogP contribution in [0.5, 0.6) is 0 Å². The number of hydrogen-bond acceptors (Lipinski definition) is 7. The molecule has 0 spiro atoms. The van der Waals surface area contributed by atoms with Crippen molar-refractivity contribution in [2.24, 2.45) is 0 Å². The SMILES string of the molecule is CN1CC(n2cc(N)cn2)C1.CN1CC(n2cc([N+](=O)[O-])cn2)C1. The maximum absolute atomic E-state index is 10.3. The van der Waals surface area contributed by atoms with Crippen molar-refractivity contribution in [2.75, 3.05) is 46.0 Å². The zero-order valence-electron chi connectivity index (χ0n) is 13.8. The summed E-state index contributed by atoms with van der Waals surface area (Å²) in [5, 5.41) is 18.4. The topological polar surface area (TPSA) is 111 Å². The first kappa shape index (κ1) is 16.4. The first-order valence-electron chi connectivity index (χ1n) is 7.77. The highest BCUT2D eigenvalue weighted by molar-refractivity contribution is 5.30. The molecule has 0 aromatic carbocycles. The van der Waals surface area contributed by atoms with Crippen LogP contribution in [-0.4, -0.2) is 74.6 Å². The fraction of sp³-hybridized carbons (Fsp3) is 0.571. The zero-order valence-corrected chi connectivity index (χ0v) is 13.8. The molecule has 2 aromatic rings. The molecule has 0 saturated carbocycles. The van der Waals surface area contributed by atoms with Gasteiger partial charge in [-0.2, -0.15) is 10.2 Å². The van der Waals surface area contributed by atoms with E-state index in [-0.39, 0.29) is 5.69 Å². The van der Waals surface area contributed by atoms with Gasteiger partial charge in [-0.25, -0.2) is 0 Å². The van der Waals surface area contributed by atoms with E-state index < -0.39 is 4.92 Å². The normalized spacial score (nSPS) is 19.2. The molecule has 4 rings (SSSR count). The van der Waals surface area contributed by atoms with Gasteiger partial charge in [-0.1, -0.05) is 0 Å². The third-order valence-corrected chi connectivity index (χ3v) is 4.26. The van der Waals surface area contributed by atoms with Gasteiger partial charge in [0.25, 0.3) is 0 Å². The number of nitro groups is 1. The molecule has 0 unspecified atom stereocenters. The van der Waals surface area contributed by atoms with Crippen LogP contribution in [-0.2, 0) is 0 Å². The summed E-state index contributed by atoms with van der Waals surface area (Å²) in [5.74, 6) is 0. The van der Waals surface area contributed by atoms with Crippen molar-refractivity contribution in [3.8, 4) is 0 Å². The molecule has 2 N–H and O–H groups in total. The van der Waals surface area contributed by atoms with Crippen LogP contribution in [0.3, 0.4) is 0 Å². The minimum absolute atomic E-state index is 0.0644. The molecule has 0 aliphatic carbocycles. The molecule has 2 aliphatic heterocycles. The number of anilines is 1. The number of nitrogens with zero attached hydrogens (tertiary/aromatic N) is 7. The minimum Gasteiger partial charge on any atom is -0.396 e. The number of aromatic nitrogens is 4. The summed E-state index contributed by atoms with van der Waals surface area (Å²) < 4.78 is 3.60. The third-order valence-electron chi connectivity index (χ3n) is 4.26. The predicted octanol–water partition coefficient (Wildman–Crippen LogP) is 0.230. The van der Waals surface area contributed by atoms with Crippen LogP contribution in [0.4, 0.5) is 11.4 Å². The van der Waals surface area contributed by atoms with Crippen LogP contribution in [0.25, 0.3) is 0 Å². The van der Waals surface area contributed by atoms with E-state index in [2.05, 4.69) is 27.0 Å². The Morgan fingerprint density at radius 1 is 1.04 bits per heavy atom. The molecule has 0 atom stereocenters. The van der Waals surface area contributed by atoms with Gasteiger partial charge in [0, 0.05) is 32.4 Å². The number of likely N-dealkylation sites (tertiary alicyclic amines) is 2. The van der Waals surface area contributed by atoms with E-state index in [9.17, 15) is 10.1 Å². The predicted molar refractivity (Wildman–Crippen MR) is 88.6 cm³/mol. The summed E-state index contributed by atoms with van der Waals surface area (Å²) in [5.41, 5.74) is 6.35. The van der Waals surface area contributed by atoms with Crippen molar-refractivity contribution in [1.82, 2.24) is 29.4 Å². The summed E-state index contributed by atoms with van der Waals surface area (Å²) in [6.45, 7) is 4.00. The Labute approximate surface area is 139 Å². The first-order chi connectivity index (χ1) is 11.4. The van der Waals surface area contributed by atoms with Gasteiger partial charge in [-0.3, -0.25) is 19.5 Å². The molecule has 10 nitrogen and oxygen atoms in total. The Hall–Kier alpha value is -2.46. The van der Waals surface area contributed by atoms with Crippen molar-refractivity contribution in [3.05, 3.63) is 34.9 Å². The van der Waals surface area contributed by atoms with Gasteiger partial charge >= 0.3 is 5.69 Å². The third kappa shape index (κ3) is 3.54. The summed E-state index contributed by atoms with van der Waals surface area (Å²) in [6, 6.07) is 0.844. The molecule has 130 valence electrons. The van der Waals surface area contributed by atoms with Crippen molar-refractivity contribution in [1.29, 1.82) is 0 Å². The molecule has 10 heteroatoms. The Morgan fingerprint density at radius 3 is 1.92 bits per heavy atom. The second kappa shape index (κ2) is 6.57. The van der Waals surface area contributed by atoms with Crippen molar-refractivity contribution in [3.63, 3.8) is 0 Å². The standard InChI is InChI=1S/C7H10N4O2.C7H12N4/c1-9-3-7(4-9)10-5-6(2-8-10)11(12)13;1-10-4-7(5-10)11-3-6(8)2-9-11/h2,5,7H,3-4H2,1H3;2-3,7H,4-5,8H2,1H3. The maximum atomic E-state index is 10.3. The number of nitrogen functional groups attached to an aromatic ring is 1.